The summed E-state index contributed by atoms with van der Waals surface area (Å²) >= 11 is 0. The fourth-order valence-corrected chi connectivity index (χ4v) is 5.05. The fourth-order valence-electron chi connectivity index (χ4n) is 4.14. The summed E-state index contributed by atoms with van der Waals surface area (Å²) in [5, 5.41) is 0. The van der Waals surface area contributed by atoms with Gasteiger partial charge >= 0.3 is 51.4 Å². The summed E-state index contributed by atoms with van der Waals surface area (Å²) in [4.78, 5) is 2.07. The second-order valence-electron chi connectivity index (χ2n) is 7.75. The van der Waals surface area contributed by atoms with Crippen molar-refractivity contribution in [2.75, 3.05) is 9.21 Å². The minimum absolute atomic E-state index is 0. The van der Waals surface area contributed by atoms with Gasteiger partial charge in [0.1, 0.15) is 6.17 Å². The van der Waals surface area contributed by atoms with Gasteiger partial charge in [-0.2, -0.15) is 0 Å². The molecule has 7 heteroatoms. The van der Waals surface area contributed by atoms with E-state index in [0.717, 1.165) is 34.8 Å². The first-order chi connectivity index (χ1) is 14.0. The predicted molar refractivity (Wildman–Crippen MR) is 118 cm³/mol. The van der Waals surface area contributed by atoms with Crippen LogP contribution < -0.4 is 60.6 Å². The van der Waals surface area contributed by atoms with Gasteiger partial charge in [0.2, 0.25) is 0 Å². The Labute approximate surface area is 224 Å². The topological polar surface area (TPSA) is 63.7 Å². The summed E-state index contributed by atoms with van der Waals surface area (Å²) in [7, 11) is -4.60. The van der Waals surface area contributed by atoms with E-state index in [1.807, 2.05) is 42.5 Å². The van der Waals surface area contributed by atoms with Gasteiger partial charge in [-0.05, 0) is 30.5 Å². The smallest absolute Gasteiger partial charge is 0.731 e. The molecular weight excluding hydrogens is 423 g/mol. The van der Waals surface area contributed by atoms with Crippen LogP contribution in [0.1, 0.15) is 63.9 Å². The van der Waals surface area contributed by atoms with Gasteiger partial charge in [0.15, 0.2) is 10.3 Å². The van der Waals surface area contributed by atoms with E-state index in [2.05, 4.69) is 11.8 Å². The summed E-state index contributed by atoms with van der Waals surface area (Å²) < 4.78 is 37.6. The zero-order valence-corrected chi connectivity index (χ0v) is 22.1. The molecule has 0 spiro atoms. The molecule has 0 N–H and O–H groups in total. The van der Waals surface area contributed by atoms with Gasteiger partial charge in [-0.25, -0.2) is 8.42 Å². The Balaban J connectivity index is 0.00000320. The molecule has 0 saturated heterocycles. The van der Waals surface area contributed by atoms with E-state index in [1.165, 1.54) is 25.7 Å². The van der Waals surface area contributed by atoms with E-state index in [1.54, 1.807) is 12.1 Å². The van der Waals surface area contributed by atoms with Crippen LogP contribution in [-0.4, -0.2) is 19.1 Å². The number of hydrogen-bond donors (Lipinski definition) is 0. The maximum Gasteiger partial charge on any atom is 1.00 e. The Morgan fingerprint density at radius 2 is 1.40 bits per heavy atom. The van der Waals surface area contributed by atoms with Gasteiger partial charge in [-0.3, -0.25) is 4.31 Å². The quantitative estimate of drug-likeness (QED) is 0.297. The van der Waals surface area contributed by atoms with Gasteiger partial charge in [0.25, 0.3) is 0 Å². The van der Waals surface area contributed by atoms with Crippen LogP contribution in [0.2, 0.25) is 0 Å². The third-order valence-electron chi connectivity index (χ3n) is 5.56. The van der Waals surface area contributed by atoms with Crippen LogP contribution in [0, 0.1) is 0 Å². The molecule has 158 valence electrons. The van der Waals surface area contributed by atoms with E-state index < -0.39 is 16.5 Å². The molecule has 2 aromatic rings. The van der Waals surface area contributed by atoms with Gasteiger partial charge in [-0.15, -0.1) is 0 Å². The average Bonchev–Trinajstić information content (AvgIpc) is 3.02. The molecule has 1 atom stereocenters. The summed E-state index contributed by atoms with van der Waals surface area (Å²) in [5.41, 5.74) is 2.40. The zero-order valence-electron chi connectivity index (χ0n) is 18.2. The van der Waals surface area contributed by atoms with Crippen molar-refractivity contribution in [2.24, 2.45) is 0 Å². The molecule has 1 aliphatic rings. The maximum atomic E-state index is 12.2. The van der Waals surface area contributed by atoms with E-state index in [4.69, 9.17) is 0 Å². The van der Waals surface area contributed by atoms with Crippen molar-refractivity contribution in [1.29, 1.82) is 0 Å². The Kier molecular flexibility index (Phi) is 10.8. The molecule has 30 heavy (non-hydrogen) atoms. The van der Waals surface area contributed by atoms with Crippen LogP contribution in [0.15, 0.2) is 54.6 Å². The number of para-hydroxylation sites is 2. The Bertz CT molecular complexity index is 877. The summed E-state index contributed by atoms with van der Waals surface area (Å²) in [5.74, 6) is 0. The second kappa shape index (κ2) is 12.6. The van der Waals surface area contributed by atoms with Gasteiger partial charge in [0.05, 0.1) is 11.4 Å². The maximum absolute atomic E-state index is 12.2. The Morgan fingerprint density at radius 3 is 2.03 bits per heavy atom. The van der Waals surface area contributed by atoms with Crippen LogP contribution in [0.3, 0.4) is 0 Å². The first-order valence-electron chi connectivity index (χ1n) is 10.7. The molecular formula is C23H31KN2O3S. The number of hydrogen-bond acceptors (Lipinski definition) is 4. The average molecular weight is 455 g/mol. The van der Waals surface area contributed by atoms with Crippen molar-refractivity contribution in [3.63, 3.8) is 0 Å². The van der Waals surface area contributed by atoms with E-state index in [0.29, 0.717) is 18.7 Å². The van der Waals surface area contributed by atoms with Crippen molar-refractivity contribution in [2.45, 2.75) is 71.0 Å². The van der Waals surface area contributed by atoms with E-state index >= 15 is 0 Å². The molecule has 1 heterocycles. The molecule has 5 nitrogen and oxygen atoms in total. The monoisotopic (exact) mass is 454 g/mol. The van der Waals surface area contributed by atoms with Crippen molar-refractivity contribution < 1.29 is 64.4 Å². The molecule has 0 saturated carbocycles. The van der Waals surface area contributed by atoms with Crippen LogP contribution in [0.25, 0.3) is 0 Å². The number of unbranched alkanes of at least 4 members (excludes halogenated alkanes) is 6. The zero-order chi connectivity index (χ0) is 20.7. The summed E-state index contributed by atoms with van der Waals surface area (Å²) in [6.07, 6.45) is 8.27. The number of anilines is 2. The fraction of sp³-hybridized carbons (Fsp3) is 0.478. The SMILES string of the molecule is CCCCCCCCCC1N(Cc2ccccc2)c2ccccc2N1S(=O)(=O)[O-].[K+]. The van der Waals surface area contributed by atoms with Crippen molar-refractivity contribution in [3.8, 4) is 0 Å². The molecule has 3 rings (SSSR count). The predicted octanol–water partition coefficient (Wildman–Crippen LogP) is 2.44. The minimum atomic E-state index is -4.60. The third kappa shape index (κ3) is 6.79. The number of nitrogens with zero attached hydrogens (tertiary/aromatic N) is 2. The molecule has 0 amide bonds. The molecule has 1 aliphatic heterocycles. The Hall–Kier alpha value is -0.414. The molecule has 0 aromatic heterocycles. The van der Waals surface area contributed by atoms with Gasteiger partial charge in [0, 0.05) is 6.54 Å². The molecule has 2 aromatic carbocycles. The largest absolute Gasteiger partial charge is 1.00 e. The summed E-state index contributed by atoms with van der Waals surface area (Å²) in [6.45, 7) is 2.78. The number of benzene rings is 2. The molecule has 0 bridgehead atoms. The standard InChI is InChI=1S/C23H32N2O3S.K/c1-2-3-4-5-6-7-11-18-23-24(19-20-14-9-8-10-15-20)21-16-12-13-17-22(21)25(23)29(26,27)28;/h8-10,12-17,23H,2-7,11,18-19H2,1H3,(H,26,27,28);/q;+1/p-1. The van der Waals surface area contributed by atoms with Gasteiger partial charge in [-0.1, -0.05) is 87.9 Å². The van der Waals surface area contributed by atoms with Gasteiger partial charge < -0.3 is 9.45 Å². The molecule has 0 radical (unpaired) electrons. The van der Waals surface area contributed by atoms with E-state index in [9.17, 15) is 13.0 Å². The summed E-state index contributed by atoms with van der Waals surface area (Å²) in [6, 6.07) is 17.3. The number of fused-ring (bicyclic) bond motifs is 1. The van der Waals surface area contributed by atoms with Crippen molar-refractivity contribution >= 4 is 21.7 Å². The molecule has 0 aliphatic carbocycles. The normalized spacial score (nSPS) is 15.7. The number of rotatable bonds is 11. The molecule has 1 unspecified atom stereocenters. The van der Waals surface area contributed by atoms with Crippen LogP contribution in [0.4, 0.5) is 11.4 Å². The first kappa shape index (κ1) is 25.8. The van der Waals surface area contributed by atoms with Crippen LogP contribution >= 0.6 is 0 Å². The van der Waals surface area contributed by atoms with Crippen molar-refractivity contribution in [1.82, 2.24) is 0 Å². The van der Waals surface area contributed by atoms with Crippen LogP contribution in [0.5, 0.6) is 0 Å². The second-order valence-corrected chi connectivity index (χ2v) is 9.00. The van der Waals surface area contributed by atoms with Crippen LogP contribution in [-0.2, 0) is 16.8 Å². The first-order valence-corrected chi connectivity index (χ1v) is 12.0. The van der Waals surface area contributed by atoms with E-state index in [-0.39, 0.29) is 51.4 Å². The Morgan fingerprint density at radius 1 is 0.833 bits per heavy atom. The molecule has 0 fully saturated rings. The third-order valence-corrected chi connectivity index (χ3v) is 6.48. The van der Waals surface area contributed by atoms with Crippen molar-refractivity contribution in [3.05, 3.63) is 60.2 Å². The minimum Gasteiger partial charge on any atom is -0.731 e.